The van der Waals surface area contributed by atoms with Gasteiger partial charge in [0.05, 0.1) is 5.69 Å². The van der Waals surface area contributed by atoms with Crippen LogP contribution in [0.1, 0.15) is 73.9 Å². The van der Waals surface area contributed by atoms with Crippen LogP contribution in [0.3, 0.4) is 0 Å². The van der Waals surface area contributed by atoms with E-state index in [2.05, 4.69) is 31.1 Å². The van der Waals surface area contributed by atoms with Crippen molar-refractivity contribution in [2.75, 3.05) is 6.54 Å². The van der Waals surface area contributed by atoms with Crippen molar-refractivity contribution < 1.29 is 0 Å². The van der Waals surface area contributed by atoms with Crippen molar-refractivity contribution >= 4 is 11.3 Å². The highest BCUT2D eigenvalue weighted by atomic mass is 32.1. The molecule has 19 heavy (non-hydrogen) atoms. The minimum Gasteiger partial charge on any atom is -0.310 e. The fourth-order valence-electron chi connectivity index (χ4n) is 2.19. The summed E-state index contributed by atoms with van der Waals surface area (Å²) >= 11 is 1.82. The lowest BCUT2D eigenvalue weighted by molar-refractivity contribution is 0.554. The molecule has 0 saturated heterocycles. The molecular formula is C16H30N2S. The van der Waals surface area contributed by atoms with Crippen LogP contribution in [-0.4, -0.2) is 11.5 Å². The number of nitrogens with zero attached hydrogens (tertiary/aromatic N) is 1. The summed E-state index contributed by atoms with van der Waals surface area (Å²) in [6, 6.07) is 0. The molecule has 1 aromatic rings. The minimum atomic E-state index is 0.940. The zero-order valence-electron chi connectivity index (χ0n) is 12.9. The van der Waals surface area contributed by atoms with E-state index in [0.29, 0.717) is 0 Å². The van der Waals surface area contributed by atoms with Crippen LogP contribution in [0.15, 0.2) is 0 Å². The van der Waals surface area contributed by atoms with Gasteiger partial charge in [-0.3, -0.25) is 0 Å². The van der Waals surface area contributed by atoms with Crippen LogP contribution in [0.2, 0.25) is 0 Å². The topological polar surface area (TPSA) is 24.9 Å². The van der Waals surface area contributed by atoms with Gasteiger partial charge in [0.15, 0.2) is 0 Å². The quantitative estimate of drug-likeness (QED) is 0.578. The van der Waals surface area contributed by atoms with Crippen LogP contribution in [0.5, 0.6) is 0 Å². The molecule has 0 atom stereocenters. The van der Waals surface area contributed by atoms with Crippen molar-refractivity contribution in [3.63, 3.8) is 0 Å². The Balaban J connectivity index is 1.88. The smallest absolute Gasteiger partial charge is 0.107 e. The number of hydrogen-bond acceptors (Lipinski definition) is 3. The van der Waals surface area contributed by atoms with Gasteiger partial charge in [-0.15, -0.1) is 11.3 Å². The Kier molecular flexibility index (Phi) is 9.10. The molecule has 0 fully saturated rings. The predicted molar refractivity (Wildman–Crippen MR) is 85.9 cm³/mol. The highest BCUT2D eigenvalue weighted by Crippen LogP contribution is 2.16. The fourth-order valence-corrected chi connectivity index (χ4v) is 3.10. The number of aromatic nitrogens is 1. The van der Waals surface area contributed by atoms with E-state index in [1.54, 1.807) is 0 Å². The Morgan fingerprint density at radius 1 is 0.947 bits per heavy atom. The summed E-state index contributed by atoms with van der Waals surface area (Å²) in [6.07, 6.45) is 11.1. The molecule has 1 N–H and O–H groups in total. The number of rotatable bonds is 11. The first-order valence-corrected chi connectivity index (χ1v) is 8.69. The Morgan fingerprint density at radius 2 is 1.58 bits per heavy atom. The third kappa shape index (κ3) is 7.68. The summed E-state index contributed by atoms with van der Waals surface area (Å²) in [4.78, 5) is 5.89. The SMILES string of the molecule is CCCCCCCCCCNCc1nc(C)c(C)s1. The van der Waals surface area contributed by atoms with Gasteiger partial charge in [0.2, 0.25) is 0 Å². The van der Waals surface area contributed by atoms with Crippen LogP contribution >= 0.6 is 11.3 Å². The van der Waals surface area contributed by atoms with Crippen molar-refractivity contribution in [3.05, 3.63) is 15.6 Å². The molecule has 0 bridgehead atoms. The van der Waals surface area contributed by atoms with Crippen LogP contribution in [0.4, 0.5) is 0 Å². The molecule has 0 saturated carbocycles. The number of thiazole rings is 1. The molecule has 3 heteroatoms. The van der Waals surface area contributed by atoms with Gasteiger partial charge in [-0.1, -0.05) is 51.9 Å². The maximum Gasteiger partial charge on any atom is 0.107 e. The summed E-state index contributed by atoms with van der Waals surface area (Å²) in [5.41, 5.74) is 1.19. The molecule has 2 nitrogen and oxygen atoms in total. The van der Waals surface area contributed by atoms with E-state index in [1.807, 2.05) is 11.3 Å². The average molecular weight is 282 g/mol. The van der Waals surface area contributed by atoms with E-state index in [1.165, 1.54) is 66.9 Å². The van der Waals surface area contributed by atoms with E-state index in [0.717, 1.165) is 13.1 Å². The predicted octanol–water partition coefficient (Wildman–Crippen LogP) is 4.99. The molecule has 0 unspecified atom stereocenters. The Bertz CT molecular complexity index is 314. The van der Waals surface area contributed by atoms with E-state index >= 15 is 0 Å². The van der Waals surface area contributed by atoms with Gasteiger partial charge in [-0.25, -0.2) is 4.98 Å². The summed E-state index contributed by atoms with van der Waals surface area (Å²) in [6.45, 7) is 8.59. The van der Waals surface area contributed by atoms with E-state index in [9.17, 15) is 0 Å². The van der Waals surface area contributed by atoms with Crippen LogP contribution < -0.4 is 5.32 Å². The molecule has 110 valence electrons. The van der Waals surface area contributed by atoms with E-state index < -0.39 is 0 Å². The van der Waals surface area contributed by atoms with Gasteiger partial charge in [0.25, 0.3) is 0 Å². The molecule has 1 aromatic heterocycles. The number of nitrogens with one attached hydrogen (secondary N) is 1. The summed E-state index contributed by atoms with van der Waals surface area (Å²) in [5, 5.41) is 4.73. The van der Waals surface area contributed by atoms with Crippen molar-refractivity contribution in [2.24, 2.45) is 0 Å². The van der Waals surface area contributed by atoms with Crippen molar-refractivity contribution in [2.45, 2.75) is 78.7 Å². The Labute approximate surface area is 123 Å². The molecular weight excluding hydrogens is 252 g/mol. The minimum absolute atomic E-state index is 0.940. The maximum absolute atomic E-state index is 4.54. The van der Waals surface area contributed by atoms with E-state index in [4.69, 9.17) is 0 Å². The highest BCUT2D eigenvalue weighted by molar-refractivity contribution is 7.11. The second-order valence-corrected chi connectivity index (χ2v) is 6.69. The molecule has 1 rings (SSSR count). The average Bonchev–Trinajstić information content (AvgIpc) is 2.71. The molecule has 1 heterocycles. The molecule has 0 radical (unpaired) electrons. The molecule has 0 aliphatic rings. The van der Waals surface area contributed by atoms with Crippen molar-refractivity contribution in [3.8, 4) is 0 Å². The van der Waals surface area contributed by atoms with Gasteiger partial charge in [-0.2, -0.15) is 0 Å². The second-order valence-electron chi connectivity index (χ2n) is 5.40. The molecule has 0 aliphatic heterocycles. The van der Waals surface area contributed by atoms with Crippen molar-refractivity contribution in [1.29, 1.82) is 0 Å². The van der Waals surface area contributed by atoms with Gasteiger partial charge in [0, 0.05) is 11.4 Å². The second kappa shape index (κ2) is 10.4. The fraction of sp³-hybridized carbons (Fsp3) is 0.812. The Morgan fingerprint density at radius 3 is 2.16 bits per heavy atom. The molecule has 0 aliphatic carbocycles. The first-order chi connectivity index (χ1) is 9.24. The van der Waals surface area contributed by atoms with Gasteiger partial charge < -0.3 is 5.32 Å². The van der Waals surface area contributed by atoms with Gasteiger partial charge in [0.1, 0.15) is 5.01 Å². The summed E-state index contributed by atoms with van der Waals surface area (Å²) in [7, 11) is 0. The van der Waals surface area contributed by atoms with E-state index in [-0.39, 0.29) is 0 Å². The third-order valence-corrected chi connectivity index (χ3v) is 4.63. The largest absolute Gasteiger partial charge is 0.310 e. The zero-order chi connectivity index (χ0) is 13.9. The number of aryl methyl sites for hydroxylation is 2. The first kappa shape index (κ1) is 16.6. The monoisotopic (exact) mass is 282 g/mol. The van der Waals surface area contributed by atoms with Crippen LogP contribution in [0, 0.1) is 13.8 Å². The number of hydrogen-bond donors (Lipinski definition) is 1. The highest BCUT2D eigenvalue weighted by Gasteiger charge is 2.02. The number of unbranched alkanes of at least 4 members (excludes halogenated alkanes) is 7. The lowest BCUT2D eigenvalue weighted by Gasteiger charge is -2.03. The lowest BCUT2D eigenvalue weighted by Crippen LogP contribution is -2.14. The third-order valence-electron chi connectivity index (χ3n) is 3.56. The first-order valence-electron chi connectivity index (χ1n) is 7.87. The summed E-state index contributed by atoms with van der Waals surface area (Å²) < 4.78 is 0. The Hall–Kier alpha value is -0.410. The van der Waals surface area contributed by atoms with Gasteiger partial charge in [-0.05, 0) is 26.8 Å². The summed E-state index contributed by atoms with van der Waals surface area (Å²) in [5.74, 6) is 0. The standard InChI is InChI=1S/C16H30N2S/c1-4-5-6-7-8-9-10-11-12-17-13-16-18-14(2)15(3)19-16/h17H,4-13H2,1-3H3. The zero-order valence-corrected chi connectivity index (χ0v) is 13.7. The van der Waals surface area contributed by atoms with Crippen LogP contribution in [-0.2, 0) is 6.54 Å². The molecule has 0 spiro atoms. The lowest BCUT2D eigenvalue weighted by atomic mass is 10.1. The normalized spacial score (nSPS) is 11.1. The maximum atomic E-state index is 4.54. The molecule has 0 aromatic carbocycles. The van der Waals surface area contributed by atoms with Gasteiger partial charge >= 0.3 is 0 Å². The molecule has 0 amide bonds. The van der Waals surface area contributed by atoms with Crippen LogP contribution in [0.25, 0.3) is 0 Å². The van der Waals surface area contributed by atoms with Crippen molar-refractivity contribution in [1.82, 2.24) is 10.3 Å².